The maximum absolute atomic E-state index is 5.54. The highest BCUT2D eigenvalue weighted by atomic mass is 14.7. The molecule has 0 aliphatic rings. The van der Waals surface area contributed by atoms with Gasteiger partial charge in [0.05, 0.1) is 11.4 Å². The van der Waals surface area contributed by atoms with Gasteiger partial charge in [0.1, 0.15) is 0 Å². The number of rotatable bonds is 18. The standard InChI is InChI=1S/C45H55N/c1-4-7-10-13-18-35-23-29-38(30-24-35)43-41-21-16-17-22-42(41)44(39-31-25-36(26-32-39)19-14-11-8-5-2)46-45(43)40-33-27-37(28-34-40)20-15-12-9-6-3/h16-17,21-34H,4-15,18-20H2,1-3H3. The van der Waals surface area contributed by atoms with Crippen LogP contribution in [0.15, 0.2) is 97.1 Å². The van der Waals surface area contributed by atoms with Gasteiger partial charge in [0.25, 0.3) is 0 Å². The third-order valence-electron chi connectivity index (χ3n) is 9.57. The molecule has 0 aliphatic heterocycles. The van der Waals surface area contributed by atoms with Crippen LogP contribution in [0.2, 0.25) is 0 Å². The number of unbranched alkanes of at least 4 members (excludes halogenated alkanes) is 9. The van der Waals surface area contributed by atoms with Gasteiger partial charge in [-0.15, -0.1) is 0 Å². The SMILES string of the molecule is CCCCCCc1ccc(-c2nc(-c3ccc(CCCCCC)cc3)c3ccccc3c2-c2ccc(CCCCCC)cc2)cc1. The van der Waals surface area contributed by atoms with Crippen molar-refractivity contribution in [3.8, 4) is 33.6 Å². The molecule has 1 nitrogen and oxygen atoms in total. The summed E-state index contributed by atoms with van der Waals surface area (Å²) < 4.78 is 0. The second-order valence-electron chi connectivity index (χ2n) is 13.3. The monoisotopic (exact) mass is 609 g/mol. The minimum atomic E-state index is 1.07. The fraction of sp³-hybridized carbons (Fsp3) is 0.400. The first kappa shape index (κ1) is 33.6. The lowest BCUT2D eigenvalue weighted by Crippen LogP contribution is -1.97. The molecule has 0 atom stereocenters. The molecule has 0 aliphatic carbocycles. The Morgan fingerprint density at radius 1 is 0.370 bits per heavy atom. The van der Waals surface area contributed by atoms with Crippen molar-refractivity contribution in [1.82, 2.24) is 4.98 Å². The van der Waals surface area contributed by atoms with Gasteiger partial charge in [-0.3, -0.25) is 0 Å². The number of aromatic nitrogens is 1. The first-order valence-corrected chi connectivity index (χ1v) is 18.4. The average Bonchev–Trinajstić information content (AvgIpc) is 3.11. The van der Waals surface area contributed by atoms with E-state index < -0.39 is 0 Å². The number of hydrogen-bond donors (Lipinski definition) is 0. The first-order valence-electron chi connectivity index (χ1n) is 18.4. The summed E-state index contributed by atoms with van der Waals surface area (Å²) in [5.41, 5.74) is 11.3. The summed E-state index contributed by atoms with van der Waals surface area (Å²) >= 11 is 0. The summed E-state index contributed by atoms with van der Waals surface area (Å²) in [5, 5.41) is 2.48. The van der Waals surface area contributed by atoms with Gasteiger partial charge in [0.2, 0.25) is 0 Å². The second kappa shape index (κ2) is 17.8. The Labute approximate surface area is 279 Å². The molecule has 0 saturated heterocycles. The summed E-state index contributed by atoms with van der Waals surface area (Å²) in [6, 6.07) is 36.7. The number of aryl methyl sites for hydroxylation is 3. The van der Waals surface area contributed by atoms with Gasteiger partial charge in [0, 0.05) is 22.1 Å². The highest BCUT2D eigenvalue weighted by Crippen LogP contribution is 2.41. The molecular formula is C45H55N. The number of fused-ring (bicyclic) bond motifs is 1. The summed E-state index contributed by atoms with van der Waals surface area (Å²) in [6.07, 6.45) is 19.0. The number of benzene rings is 4. The van der Waals surface area contributed by atoms with E-state index in [1.165, 1.54) is 127 Å². The van der Waals surface area contributed by atoms with Crippen molar-refractivity contribution < 1.29 is 0 Å². The molecule has 0 radical (unpaired) electrons. The van der Waals surface area contributed by atoms with E-state index in [-0.39, 0.29) is 0 Å². The fourth-order valence-electron chi connectivity index (χ4n) is 6.75. The van der Waals surface area contributed by atoms with Gasteiger partial charge in [-0.05, 0) is 66.2 Å². The molecular weight excluding hydrogens is 555 g/mol. The molecule has 4 aromatic carbocycles. The van der Waals surface area contributed by atoms with E-state index in [9.17, 15) is 0 Å². The Bertz CT molecular complexity index is 1610. The molecule has 0 spiro atoms. The molecule has 1 aromatic heterocycles. The normalized spacial score (nSPS) is 11.4. The maximum Gasteiger partial charge on any atom is 0.0794 e. The minimum Gasteiger partial charge on any atom is -0.246 e. The quantitative estimate of drug-likeness (QED) is 0.0901. The molecule has 0 unspecified atom stereocenters. The topological polar surface area (TPSA) is 12.9 Å². The van der Waals surface area contributed by atoms with Crippen molar-refractivity contribution in [3.05, 3.63) is 114 Å². The molecule has 0 fully saturated rings. The molecule has 46 heavy (non-hydrogen) atoms. The van der Waals surface area contributed by atoms with Gasteiger partial charge in [0.15, 0.2) is 0 Å². The fourth-order valence-corrected chi connectivity index (χ4v) is 6.75. The van der Waals surface area contributed by atoms with Gasteiger partial charge >= 0.3 is 0 Å². The lowest BCUT2D eigenvalue weighted by Gasteiger charge is -2.18. The van der Waals surface area contributed by atoms with E-state index in [1.54, 1.807) is 0 Å². The molecule has 1 heteroatoms. The van der Waals surface area contributed by atoms with Crippen LogP contribution in [0.4, 0.5) is 0 Å². The van der Waals surface area contributed by atoms with E-state index in [4.69, 9.17) is 4.98 Å². The van der Waals surface area contributed by atoms with Gasteiger partial charge in [-0.1, -0.05) is 176 Å². The zero-order valence-corrected chi connectivity index (χ0v) is 28.8. The summed E-state index contributed by atoms with van der Waals surface area (Å²) in [5.74, 6) is 0. The van der Waals surface area contributed by atoms with Crippen LogP contribution in [0.3, 0.4) is 0 Å². The van der Waals surface area contributed by atoms with Crippen molar-refractivity contribution in [1.29, 1.82) is 0 Å². The maximum atomic E-state index is 5.54. The zero-order valence-electron chi connectivity index (χ0n) is 28.8. The van der Waals surface area contributed by atoms with Crippen molar-refractivity contribution in [2.24, 2.45) is 0 Å². The summed E-state index contributed by atoms with van der Waals surface area (Å²) in [4.78, 5) is 5.54. The third-order valence-corrected chi connectivity index (χ3v) is 9.57. The van der Waals surface area contributed by atoms with Crippen LogP contribution < -0.4 is 0 Å². The third kappa shape index (κ3) is 8.97. The molecule has 240 valence electrons. The number of pyridine rings is 1. The van der Waals surface area contributed by atoms with Crippen molar-refractivity contribution in [2.45, 2.75) is 117 Å². The van der Waals surface area contributed by atoms with E-state index in [0.717, 1.165) is 30.7 Å². The van der Waals surface area contributed by atoms with Gasteiger partial charge < -0.3 is 0 Å². The van der Waals surface area contributed by atoms with E-state index >= 15 is 0 Å². The second-order valence-corrected chi connectivity index (χ2v) is 13.3. The molecule has 1 heterocycles. The minimum absolute atomic E-state index is 1.07. The Hall–Kier alpha value is -3.71. The zero-order chi connectivity index (χ0) is 32.0. The van der Waals surface area contributed by atoms with Crippen LogP contribution in [0.5, 0.6) is 0 Å². The summed E-state index contributed by atoms with van der Waals surface area (Å²) in [6.45, 7) is 6.84. The van der Waals surface area contributed by atoms with Gasteiger partial charge in [-0.25, -0.2) is 4.98 Å². The molecule has 0 saturated carbocycles. The van der Waals surface area contributed by atoms with Crippen LogP contribution >= 0.6 is 0 Å². The van der Waals surface area contributed by atoms with E-state index in [0.29, 0.717) is 0 Å². The Morgan fingerprint density at radius 2 is 0.761 bits per heavy atom. The van der Waals surface area contributed by atoms with Crippen molar-refractivity contribution >= 4 is 10.8 Å². The lowest BCUT2D eigenvalue weighted by atomic mass is 9.90. The van der Waals surface area contributed by atoms with E-state index in [2.05, 4.69) is 118 Å². The van der Waals surface area contributed by atoms with Gasteiger partial charge in [-0.2, -0.15) is 0 Å². The van der Waals surface area contributed by atoms with Crippen molar-refractivity contribution in [3.63, 3.8) is 0 Å². The molecule has 0 amide bonds. The van der Waals surface area contributed by atoms with Crippen LogP contribution in [0.1, 0.15) is 115 Å². The predicted molar refractivity (Wildman–Crippen MR) is 202 cm³/mol. The molecule has 5 aromatic rings. The highest BCUT2D eigenvalue weighted by molar-refractivity contribution is 6.08. The predicted octanol–water partition coefficient (Wildman–Crippen LogP) is 13.6. The molecule has 0 bridgehead atoms. The van der Waals surface area contributed by atoms with Crippen molar-refractivity contribution in [2.75, 3.05) is 0 Å². The largest absolute Gasteiger partial charge is 0.246 e. The van der Waals surface area contributed by atoms with Crippen LogP contribution in [0, 0.1) is 0 Å². The lowest BCUT2D eigenvalue weighted by molar-refractivity contribution is 0.667. The number of nitrogens with zero attached hydrogens (tertiary/aromatic N) is 1. The van der Waals surface area contributed by atoms with Crippen LogP contribution in [-0.4, -0.2) is 4.98 Å². The Kier molecular flexibility index (Phi) is 13.1. The highest BCUT2D eigenvalue weighted by Gasteiger charge is 2.18. The van der Waals surface area contributed by atoms with Crippen LogP contribution in [-0.2, 0) is 19.3 Å². The van der Waals surface area contributed by atoms with Crippen LogP contribution in [0.25, 0.3) is 44.4 Å². The molecule has 0 N–H and O–H groups in total. The smallest absolute Gasteiger partial charge is 0.0794 e. The average molecular weight is 610 g/mol. The Morgan fingerprint density at radius 3 is 1.20 bits per heavy atom. The first-order chi connectivity index (χ1) is 22.7. The summed E-state index contributed by atoms with van der Waals surface area (Å²) in [7, 11) is 0. The number of hydrogen-bond acceptors (Lipinski definition) is 1. The Balaban J connectivity index is 1.54. The van der Waals surface area contributed by atoms with E-state index in [1.807, 2.05) is 0 Å². The molecule has 5 rings (SSSR count).